The highest BCUT2D eigenvalue weighted by Crippen LogP contribution is 2.31. The standard InChI is InChI=1S/C28H30N2O3S/c31-20-4-3-6-22-10-12-23(13-11-22)14-17-30-18-15-24(16-19-30)33-28(32)29-26-8-2-1-7-25(26)27-9-5-21-34-27/h1-2,5,7-13,21,24,31H,4,14-20H2,(H,29,32). The van der Waals surface area contributed by atoms with Crippen LogP contribution in [0, 0.1) is 11.8 Å². The molecular weight excluding hydrogens is 444 g/mol. The van der Waals surface area contributed by atoms with Gasteiger partial charge in [0.1, 0.15) is 6.10 Å². The van der Waals surface area contributed by atoms with Crippen LogP contribution in [0.5, 0.6) is 0 Å². The summed E-state index contributed by atoms with van der Waals surface area (Å²) in [7, 11) is 0. The molecule has 0 aliphatic carbocycles. The number of carbonyl (C=O) groups excluding carboxylic acids is 1. The quantitative estimate of drug-likeness (QED) is 0.450. The molecule has 0 spiro atoms. The van der Waals surface area contributed by atoms with E-state index in [1.54, 1.807) is 11.3 Å². The number of nitrogens with one attached hydrogen (secondary N) is 1. The van der Waals surface area contributed by atoms with E-state index in [9.17, 15) is 4.79 Å². The predicted molar refractivity (Wildman–Crippen MR) is 138 cm³/mol. The topological polar surface area (TPSA) is 61.8 Å². The minimum Gasteiger partial charge on any atom is -0.446 e. The van der Waals surface area contributed by atoms with Crippen molar-refractivity contribution in [2.45, 2.75) is 31.8 Å². The third-order valence-electron chi connectivity index (χ3n) is 5.90. The average molecular weight is 475 g/mol. The zero-order valence-corrected chi connectivity index (χ0v) is 20.0. The first-order valence-corrected chi connectivity index (χ1v) is 12.6. The lowest BCUT2D eigenvalue weighted by Crippen LogP contribution is -2.39. The summed E-state index contributed by atoms with van der Waals surface area (Å²) in [6, 6.07) is 20.2. The molecule has 34 heavy (non-hydrogen) atoms. The second kappa shape index (κ2) is 12.4. The van der Waals surface area contributed by atoms with Crippen molar-refractivity contribution in [2.24, 2.45) is 0 Å². The molecule has 1 amide bonds. The number of aliphatic hydroxyl groups is 1. The molecule has 0 saturated carbocycles. The molecule has 2 N–H and O–H groups in total. The first kappa shape index (κ1) is 24.0. The highest BCUT2D eigenvalue weighted by molar-refractivity contribution is 7.13. The summed E-state index contributed by atoms with van der Waals surface area (Å²) in [4.78, 5) is 16.1. The highest BCUT2D eigenvalue weighted by atomic mass is 32.1. The Morgan fingerprint density at radius 1 is 1.09 bits per heavy atom. The number of thiophene rings is 1. The Kier molecular flexibility index (Phi) is 8.75. The van der Waals surface area contributed by atoms with Crippen LogP contribution >= 0.6 is 11.3 Å². The predicted octanol–water partition coefficient (Wildman–Crippen LogP) is 5.40. The summed E-state index contributed by atoms with van der Waals surface area (Å²) in [5, 5.41) is 13.8. The summed E-state index contributed by atoms with van der Waals surface area (Å²) in [5.41, 5.74) is 4.05. The maximum Gasteiger partial charge on any atom is 0.411 e. The summed E-state index contributed by atoms with van der Waals surface area (Å²) < 4.78 is 5.73. The Labute approximate surface area is 205 Å². The molecule has 1 fully saturated rings. The molecule has 2 aromatic carbocycles. The lowest BCUT2D eigenvalue weighted by Gasteiger charge is -2.31. The Bertz CT molecular complexity index is 1110. The number of likely N-dealkylation sites (tertiary alicyclic amines) is 1. The molecule has 5 nitrogen and oxygen atoms in total. The lowest BCUT2D eigenvalue weighted by atomic mass is 10.1. The van der Waals surface area contributed by atoms with Gasteiger partial charge in [0.15, 0.2) is 0 Å². The van der Waals surface area contributed by atoms with Gasteiger partial charge in [-0.3, -0.25) is 5.32 Å². The van der Waals surface area contributed by atoms with Crippen molar-refractivity contribution >= 4 is 23.1 Å². The average Bonchev–Trinajstić information content (AvgIpc) is 3.40. The van der Waals surface area contributed by atoms with Gasteiger partial charge in [0.25, 0.3) is 0 Å². The van der Waals surface area contributed by atoms with Crippen LogP contribution in [0.3, 0.4) is 0 Å². The normalized spacial score (nSPS) is 14.3. The van der Waals surface area contributed by atoms with Crippen molar-refractivity contribution in [1.82, 2.24) is 4.90 Å². The summed E-state index contributed by atoms with van der Waals surface area (Å²) in [6.45, 7) is 2.94. The van der Waals surface area contributed by atoms with Gasteiger partial charge in [-0.1, -0.05) is 48.2 Å². The number of ether oxygens (including phenoxy) is 1. The zero-order valence-electron chi connectivity index (χ0n) is 19.2. The van der Waals surface area contributed by atoms with E-state index in [0.717, 1.165) is 60.6 Å². The van der Waals surface area contributed by atoms with Gasteiger partial charge in [0, 0.05) is 42.1 Å². The van der Waals surface area contributed by atoms with Gasteiger partial charge < -0.3 is 14.7 Å². The van der Waals surface area contributed by atoms with Gasteiger partial charge in [-0.25, -0.2) is 4.79 Å². The van der Waals surface area contributed by atoms with Gasteiger partial charge in [-0.05, 0) is 54.5 Å². The molecule has 176 valence electrons. The van der Waals surface area contributed by atoms with Crippen LogP contribution in [0.1, 0.15) is 30.4 Å². The SMILES string of the molecule is O=C(Nc1ccccc1-c1cccs1)OC1CCN(CCc2ccc(C#CCCO)cc2)CC1. The highest BCUT2D eigenvalue weighted by Gasteiger charge is 2.22. The van der Waals surface area contributed by atoms with Crippen molar-refractivity contribution in [3.05, 3.63) is 77.2 Å². The molecule has 1 saturated heterocycles. The molecule has 6 heteroatoms. The van der Waals surface area contributed by atoms with E-state index in [1.165, 1.54) is 5.56 Å². The first-order chi connectivity index (χ1) is 16.7. The van der Waals surface area contributed by atoms with Gasteiger partial charge in [-0.2, -0.15) is 0 Å². The van der Waals surface area contributed by atoms with E-state index in [4.69, 9.17) is 9.84 Å². The largest absolute Gasteiger partial charge is 0.446 e. The Balaban J connectivity index is 1.20. The molecule has 2 heterocycles. The summed E-state index contributed by atoms with van der Waals surface area (Å²) in [5.74, 6) is 6.00. The van der Waals surface area contributed by atoms with E-state index in [1.807, 2.05) is 53.9 Å². The van der Waals surface area contributed by atoms with Gasteiger partial charge in [0.05, 0.1) is 12.3 Å². The van der Waals surface area contributed by atoms with Crippen molar-refractivity contribution < 1.29 is 14.6 Å². The van der Waals surface area contributed by atoms with Gasteiger partial charge in [0.2, 0.25) is 0 Å². The number of piperidine rings is 1. The molecule has 0 bridgehead atoms. The van der Waals surface area contributed by atoms with Gasteiger partial charge in [-0.15, -0.1) is 11.3 Å². The Hall–Kier alpha value is -3.11. The van der Waals surface area contributed by atoms with E-state index >= 15 is 0 Å². The monoisotopic (exact) mass is 474 g/mol. The number of carbonyl (C=O) groups is 1. The molecule has 0 radical (unpaired) electrons. The molecular formula is C28H30N2O3S. The second-order valence-electron chi connectivity index (χ2n) is 8.32. The molecule has 4 rings (SSSR count). The molecule has 1 aromatic heterocycles. The number of para-hydroxylation sites is 1. The van der Waals surface area contributed by atoms with Crippen LogP contribution in [0.2, 0.25) is 0 Å². The van der Waals surface area contributed by atoms with Crippen molar-refractivity contribution in [2.75, 3.05) is 31.6 Å². The maximum absolute atomic E-state index is 12.5. The number of anilines is 1. The number of aliphatic hydroxyl groups excluding tert-OH is 1. The minimum atomic E-state index is -0.385. The van der Waals surface area contributed by atoms with E-state index in [0.29, 0.717) is 6.42 Å². The van der Waals surface area contributed by atoms with Crippen LogP contribution in [0.4, 0.5) is 10.5 Å². The van der Waals surface area contributed by atoms with Crippen LogP contribution in [-0.4, -0.2) is 48.4 Å². The lowest BCUT2D eigenvalue weighted by molar-refractivity contribution is 0.0593. The number of amides is 1. The van der Waals surface area contributed by atoms with Crippen LogP contribution in [0.25, 0.3) is 10.4 Å². The molecule has 0 atom stereocenters. The fourth-order valence-electron chi connectivity index (χ4n) is 4.04. The van der Waals surface area contributed by atoms with Crippen LogP contribution in [-0.2, 0) is 11.2 Å². The number of benzene rings is 2. The Morgan fingerprint density at radius 2 is 1.88 bits per heavy atom. The molecule has 1 aliphatic rings. The Morgan fingerprint density at radius 3 is 2.62 bits per heavy atom. The molecule has 3 aromatic rings. The van der Waals surface area contributed by atoms with Crippen molar-refractivity contribution in [3.63, 3.8) is 0 Å². The third kappa shape index (κ3) is 6.94. The van der Waals surface area contributed by atoms with E-state index in [-0.39, 0.29) is 18.8 Å². The van der Waals surface area contributed by atoms with E-state index < -0.39 is 0 Å². The van der Waals surface area contributed by atoms with Crippen LogP contribution < -0.4 is 5.32 Å². The molecule has 0 unspecified atom stereocenters. The van der Waals surface area contributed by atoms with Crippen LogP contribution in [0.15, 0.2) is 66.0 Å². The van der Waals surface area contributed by atoms with Gasteiger partial charge >= 0.3 is 6.09 Å². The van der Waals surface area contributed by atoms with E-state index in [2.05, 4.69) is 34.2 Å². The second-order valence-corrected chi connectivity index (χ2v) is 9.26. The number of nitrogens with zero attached hydrogens (tertiary/aromatic N) is 1. The summed E-state index contributed by atoms with van der Waals surface area (Å²) >= 11 is 1.65. The van der Waals surface area contributed by atoms with Crippen molar-refractivity contribution in [1.29, 1.82) is 0 Å². The smallest absolute Gasteiger partial charge is 0.411 e. The fourth-order valence-corrected chi connectivity index (χ4v) is 4.81. The molecule has 1 aliphatic heterocycles. The zero-order chi connectivity index (χ0) is 23.6. The van der Waals surface area contributed by atoms with Crippen molar-refractivity contribution in [3.8, 4) is 22.3 Å². The number of hydrogen-bond acceptors (Lipinski definition) is 5. The maximum atomic E-state index is 12.5. The minimum absolute atomic E-state index is 0.0538. The summed E-state index contributed by atoms with van der Waals surface area (Å²) in [6.07, 6.45) is 2.74. The number of rotatable bonds is 7. The first-order valence-electron chi connectivity index (χ1n) is 11.7. The third-order valence-corrected chi connectivity index (χ3v) is 6.80. The number of hydrogen-bond donors (Lipinski definition) is 2. The fraction of sp³-hybridized carbons (Fsp3) is 0.321.